The molecule has 1 aliphatic rings. The quantitative estimate of drug-likeness (QED) is 0.788. The third-order valence-electron chi connectivity index (χ3n) is 4.56. The van der Waals surface area contributed by atoms with Crippen molar-refractivity contribution in [3.8, 4) is 0 Å². The molecule has 3 rings (SSSR count). The van der Waals surface area contributed by atoms with E-state index in [0.29, 0.717) is 0 Å². The minimum atomic E-state index is -0.147. The van der Waals surface area contributed by atoms with Crippen LogP contribution in [0.5, 0.6) is 0 Å². The summed E-state index contributed by atoms with van der Waals surface area (Å²) in [6, 6.07) is 13.8. The molecule has 0 bridgehead atoms. The van der Waals surface area contributed by atoms with Gasteiger partial charge in [-0.2, -0.15) is 0 Å². The average molecular weight is 389 g/mol. The van der Waals surface area contributed by atoms with Gasteiger partial charge in [-0.15, -0.1) is 0 Å². The summed E-state index contributed by atoms with van der Waals surface area (Å²) in [6.45, 7) is 0.904. The number of carbonyl (C=O) groups excluding carboxylic acids is 1. The van der Waals surface area contributed by atoms with Crippen molar-refractivity contribution in [3.05, 3.63) is 69.1 Å². The molecule has 1 aromatic heterocycles. The third-order valence-corrected chi connectivity index (χ3v) is 5.03. The lowest BCUT2D eigenvalue weighted by Gasteiger charge is -2.25. The maximum absolute atomic E-state index is 12.7. The zero-order valence-corrected chi connectivity index (χ0v) is 15.1. The lowest BCUT2D eigenvalue weighted by molar-refractivity contribution is -0.132. The second-order valence-electron chi connectivity index (χ2n) is 6.22. The van der Waals surface area contributed by atoms with E-state index in [2.05, 4.69) is 28.1 Å². The van der Waals surface area contributed by atoms with E-state index in [1.165, 1.54) is 16.2 Å². The van der Waals surface area contributed by atoms with Crippen LogP contribution < -0.4 is 5.56 Å². The smallest absolute Gasteiger partial charge is 0.251 e. The summed E-state index contributed by atoms with van der Waals surface area (Å²) in [4.78, 5) is 26.5. The molecule has 1 fully saturated rings. The van der Waals surface area contributed by atoms with Gasteiger partial charge in [-0.25, -0.2) is 0 Å². The average Bonchev–Trinajstić information content (AvgIpc) is 3.06. The van der Waals surface area contributed by atoms with Crippen LogP contribution in [0.4, 0.5) is 0 Å². The molecule has 0 spiro atoms. The fraction of sp³-hybridized carbons (Fsp3) is 0.368. The van der Waals surface area contributed by atoms with Crippen LogP contribution >= 0.6 is 15.9 Å². The van der Waals surface area contributed by atoms with E-state index in [1.54, 1.807) is 12.3 Å². The number of benzene rings is 1. The first kappa shape index (κ1) is 17.0. The number of aryl methyl sites for hydroxylation is 1. The van der Waals surface area contributed by atoms with Crippen molar-refractivity contribution >= 4 is 21.8 Å². The first-order valence-electron chi connectivity index (χ1n) is 8.33. The summed E-state index contributed by atoms with van der Waals surface area (Å²) in [5.74, 6) is 0.0331. The number of hydrogen-bond donors (Lipinski definition) is 0. The second-order valence-corrected chi connectivity index (χ2v) is 7.14. The standard InChI is InChI=1S/C19H21BrN2O2/c20-16-9-11-18(23)21(13-16)14-19(24)22-12-4-7-17(22)10-8-15-5-2-1-3-6-15/h1-3,5-6,9,11,13,17H,4,7-8,10,12,14H2/t17-/m1/s1. The van der Waals surface area contributed by atoms with Gasteiger partial charge in [-0.1, -0.05) is 30.3 Å². The molecule has 4 nitrogen and oxygen atoms in total. The van der Waals surface area contributed by atoms with Gasteiger partial charge in [0.1, 0.15) is 6.54 Å². The van der Waals surface area contributed by atoms with Crippen molar-refractivity contribution in [1.29, 1.82) is 0 Å². The van der Waals surface area contributed by atoms with Gasteiger partial charge in [-0.3, -0.25) is 9.59 Å². The maximum atomic E-state index is 12.7. The Hall–Kier alpha value is -1.88. The number of rotatable bonds is 5. The van der Waals surface area contributed by atoms with E-state index >= 15 is 0 Å². The molecule has 1 atom stereocenters. The highest BCUT2D eigenvalue weighted by molar-refractivity contribution is 9.10. The first-order valence-corrected chi connectivity index (χ1v) is 9.12. The summed E-state index contributed by atoms with van der Waals surface area (Å²) in [5.41, 5.74) is 1.16. The molecule has 0 saturated carbocycles. The van der Waals surface area contributed by atoms with Crippen LogP contribution in [0, 0.1) is 0 Å². The van der Waals surface area contributed by atoms with Crippen molar-refractivity contribution in [2.45, 2.75) is 38.3 Å². The monoisotopic (exact) mass is 388 g/mol. The molecule has 0 aliphatic carbocycles. The molecular formula is C19H21BrN2O2. The van der Waals surface area contributed by atoms with Crippen molar-refractivity contribution in [3.63, 3.8) is 0 Å². The Bertz CT molecular complexity index is 757. The highest BCUT2D eigenvalue weighted by Crippen LogP contribution is 2.22. The van der Waals surface area contributed by atoms with Gasteiger partial charge < -0.3 is 9.47 Å². The largest absolute Gasteiger partial charge is 0.338 e. The van der Waals surface area contributed by atoms with E-state index in [9.17, 15) is 9.59 Å². The minimum absolute atomic E-state index is 0.0331. The van der Waals surface area contributed by atoms with Crippen molar-refractivity contribution in [2.75, 3.05) is 6.54 Å². The molecule has 1 aliphatic heterocycles. The fourth-order valence-corrected chi connectivity index (χ4v) is 3.68. The Morgan fingerprint density at radius 1 is 1.17 bits per heavy atom. The fourth-order valence-electron chi connectivity index (χ4n) is 3.30. The van der Waals surface area contributed by atoms with Gasteiger partial charge in [-0.05, 0) is 53.2 Å². The van der Waals surface area contributed by atoms with Crippen molar-refractivity contribution < 1.29 is 4.79 Å². The van der Waals surface area contributed by atoms with Crippen LogP contribution in [-0.2, 0) is 17.8 Å². The number of aromatic nitrogens is 1. The van der Waals surface area contributed by atoms with Crippen LogP contribution in [0.25, 0.3) is 0 Å². The van der Waals surface area contributed by atoms with Crippen LogP contribution in [0.3, 0.4) is 0 Å². The first-order chi connectivity index (χ1) is 11.6. The summed E-state index contributed by atoms with van der Waals surface area (Å²) in [6.07, 6.45) is 5.72. The Morgan fingerprint density at radius 2 is 1.96 bits per heavy atom. The topological polar surface area (TPSA) is 42.3 Å². The number of likely N-dealkylation sites (tertiary alicyclic amines) is 1. The van der Waals surface area contributed by atoms with Crippen LogP contribution in [0.2, 0.25) is 0 Å². The Balaban J connectivity index is 1.63. The highest BCUT2D eigenvalue weighted by atomic mass is 79.9. The summed E-state index contributed by atoms with van der Waals surface area (Å²) in [7, 11) is 0. The van der Waals surface area contributed by atoms with Crippen LogP contribution in [0.15, 0.2) is 57.9 Å². The van der Waals surface area contributed by atoms with Crippen molar-refractivity contribution in [1.82, 2.24) is 9.47 Å². The van der Waals surface area contributed by atoms with E-state index in [4.69, 9.17) is 0 Å². The number of carbonyl (C=O) groups is 1. The zero-order chi connectivity index (χ0) is 16.9. The summed E-state index contributed by atoms with van der Waals surface area (Å²) < 4.78 is 2.27. The number of pyridine rings is 1. The van der Waals surface area contributed by atoms with Crippen LogP contribution in [0.1, 0.15) is 24.8 Å². The van der Waals surface area contributed by atoms with Gasteiger partial charge in [0.25, 0.3) is 5.56 Å². The van der Waals surface area contributed by atoms with Gasteiger partial charge in [0.15, 0.2) is 0 Å². The lowest BCUT2D eigenvalue weighted by Crippen LogP contribution is -2.39. The zero-order valence-electron chi connectivity index (χ0n) is 13.5. The maximum Gasteiger partial charge on any atom is 0.251 e. The molecule has 0 N–H and O–H groups in total. The molecule has 1 amide bonds. The molecule has 126 valence electrons. The predicted molar refractivity (Wildman–Crippen MR) is 97.9 cm³/mol. The number of hydrogen-bond acceptors (Lipinski definition) is 2. The van der Waals surface area contributed by atoms with Gasteiger partial charge in [0.2, 0.25) is 5.91 Å². The molecule has 0 unspecified atom stereocenters. The Labute approximate surface area is 150 Å². The van der Waals surface area contributed by atoms with Crippen molar-refractivity contribution in [2.24, 2.45) is 0 Å². The molecule has 2 aromatic rings. The number of halogens is 1. The molecule has 24 heavy (non-hydrogen) atoms. The van der Waals surface area contributed by atoms with E-state index in [-0.39, 0.29) is 24.1 Å². The molecule has 0 radical (unpaired) electrons. The number of nitrogens with zero attached hydrogens (tertiary/aromatic N) is 2. The van der Waals surface area contributed by atoms with Gasteiger partial charge >= 0.3 is 0 Å². The summed E-state index contributed by atoms with van der Waals surface area (Å²) >= 11 is 3.35. The minimum Gasteiger partial charge on any atom is -0.338 e. The Morgan fingerprint density at radius 3 is 2.75 bits per heavy atom. The van der Waals surface area contributed by atoms with Gasteiger partial charge in [0.05, 0.1) is 0 Å². The molecule has 1 aromatic carbocycles. The van der Waals surface area contributed by atoms with Gasteiger partial charge in [0, 0.05) is 29.3 Å². The predicted octanol–water partition coefficient (Wildman–Crippen LogP) is 3.23. The number of amides is 1. The van der Waals surface area contributed by atoms with E-state index in [0.717, 1.165) is 36.7 Å². The second kappa shape index (κ2) is 7.79. The SMILES string of the molecule is O=C(Cn1cc(Br)ccc1=O)N1CCC[C@@H]1CCc1ccccc1. The normalized spacial score (nSPS) is 17.2. The van der Waals surface area contributed by atoms with E-state index < -0.39 is 0 Å². The van der Waals surface area contributed by atoms with E-state index in [1.807, 2.05) is 23.1 Å². The highest BCUT2D eigenvalue weighted by Gasteiger charge is 2.28. The molecule has 5 heteroatoms. The third kappa shape index (κ3) is 4.15. The summed E-state index contributed by atoms with van der Waals surface area (Å²) in [5, 5.41) is 0. The van der Waals surface area contributed by atoms with Crippen LogP contribution in [-0.4, -0.2) is 28.0 Å². The Kier molecular flexibility index (Phi) is 5.51. The molecule has 2 heterocycles. The molecule has 1 saturated heterocycles. The molecular weight excluding hydrogens is 368 g/mol. The lowest BCUT2D eigenvalue weighted by atomic mass is 10.0.